The van der Waals surface area contributed by atoms with Gasteiger partial charge < -0.3 is 4.98 Å². The van der Waals surface area contributed by atoms with E-state index in [1.807, 2.05) is 6.07 Å². The molecule has 4 nitrogen and oxygen atoms in total. The summed E-state index contributed by atoms with van der Waals surface area (Å²) >= 11 is 0. The van der Waals surface area contributed by atoms with E-state index in [9.17, 15) is 9.59 Å². The molecule has 15 heavy (non-hydrogen) atoms. The van der Waals surface area contributed by atoms with Crippen LogP contribution < -0.4 is 5.56 Å². The first kappa shape index (κ1) is 9.33. The number of carbonyl (C=O) groups is 1. The van der Waals surface area contributed by atoms with Gasteiger partial charge in [0, 0.05) is 41.3 Å². The Morgan fingerprint density at radius 1 is 1.40 bits per heavy atom. The first-order valence-corrected chi connectivity index (χ1v) is 4.39. The highest BCUT2D eigenvalue weighted by Gasteiger charge is 2.04. The van der Waals surface area contributed by atoms with E-state index in [0.29, 0.717) is 17.4 Å². The number of nitrogens with one attached hydrogen (secondary N) is 1. The zero-order chi connectivity index (χ0) is 10.7. The van der Waals surface area contributed by atoms with Crippen molar-refractivity contribution in [1.29, 1.82) is 0 Å². The van der Waals surface area contributed by atoms with Crippen LogP contribution in [-0.2, 0) is 0 Å². The van der Waals surface area contributed by atoms with Gasteiger partial charge in [0.25, 0.3) is 0 Å². The molecule has 2 aromatic heterocycles. The maximum atomic E-state index is 11.0. The van der Waals surface area contributed by atoms with Crippen molar-refractivity contribution < 1.29 is 4.79 Å². The quantitative estimate of drug-likeness (QED) is 0.742. The van der Waals surface area contributed by atoms with Gasteiger partial charge in [0.15, 0.2) is 6.29 Å². The molecule has 0 aromatic carbocycles. The third-order valence-electron chi connectivity index (χ3n) is 2.06. The molecular weight excluding hydrogens is 192 g/mol. The normalized spacial score (nSPS) is 9.87. The van der Waals surface area contributed by atoms with Crippen molar-refractivity contribution in [2.75, 3.05) is 0 Å². The minimum absolute atomic E-state index is 0.287. The highest BCUT2D eigenvalue weighted by atomic mass is 16.1. The summed E-state index contributed by atoms with van der Waals surface area (Å²) in [7, 11) is 0. The molecule has 0 aliphatic heterocycles. The summed E-state index contributed by atoms with van der Waals surface area (Å²) < 4.78 is 0. The van der Waals surface area contributed by atoms with Gasteiger partial charge in [0.1, 0.15) is 0 Å². The van der Waals surface area contributed by atoms with Crippen LogP contribution >= 0.6 is 0 Å². The van der Waals surface area contributed by atoms with E-state index < -0.39 is 0 Å². The van der Waals surface area contributed by atoms with Crippen molar-refractivity contribution in [1.82, 2.24) is 9.97 Å². The van der Waals surface area contributed by atoms with Gasteiger partial charge in [-0.15, -0.1) is 0 Å². The molecule has 2 rings (SSSR count). The number of hydrogen-bond acceptors (Lipinski definition) is 3. The SMILES string of the molecule is O=Cc1cc(=O)[nH]cc1-c1cccnc1. The summed E-state index contributed by atoms with van der Waals surface area (Å²) in [6, 6.07) is 4.87. The fourth-order valence-corrected chi connectivity index (χ4v) is 1.36. The van der Waals surface area contributed by atoms with Crippen LogP contribution in [0.3, 0.4) is 0 Å². The van der Waals surface area contributed by atoms with Crippen LogP contribution in [0.25, 0.3) is 11.1 Å². The van der Waals surface area contributed by atoms with Crippen LogP contribution in [0.5, 0.6) is 0 Å². The predicted octanol–water partition coefficient (Wildman–Crippen LogP) is 1.25. The third-order valence-corrected chi connectivity index (χ3v) is 2.06. The van der Waals surface area contributed by atoms with Crippen molar-refractivity contribution in [3.8, 4) is 11.1 Å². The summed E-state index contributed by atoms with van der Waals surface area (Å²) in [5.74, 6) is 0. The zero-order valence-corrected chi connectivity index (χ0v) is 7.81. The summed E-state index contributed by atoms with van der Waals surface area (Å²) in [5, 5.41) is 0. The number of nitrogens with zero attached hydrogens (tertiary/aromatic N) is 1. The molecule has 0 atom stereocenters. The van der Waals surface area contributed by atoms with Gasteiger partial charge >= 0.3 is 0 Å². The molecule has 0 saturated carbocycles. The van der Waals surface area contributed by atoms with E-state index in [0.717, 1.165) is 5.56 Å². The van der Waals surface area contributed by atoms with E-state index in [1.54, 1.807) is 18.5 Å². The van der Waals surface area contributed by atoms with E-state index in [2.05, 4.69) is 9.97 Å². The van der Waals surface area contributed by atoms with Crippen LogP contribution in [0.1, 0.15) is 10.4 Å². The second-order valence-electron chi connectivity index (χ2n) is 3.03. The van der Waals surface area contributed by atoms with Gasteiger partial charge in [-0.05, 0) is 6.07 Å². The van der Waals surface area contributed by atoms with Gasteiger partial charge in [-0.2, -0.15) is 0 Å². The van der Waals surface area contributed by atoms with Gasteiger partial charge in [-0.25, -0.2) is 0 Å². The van der Waals surface area contributed by atoms with Crippen LogP contribution in [0, 0.1) is 0 Å². The summed E-state index contributed by atoms with van der Waals surface area (Å²) in [6.45, 7) is 0. The topological polar surface area (TPSA) is 62.8 Å². The van der Waals surface area contributed by atoms with E-state index in [-0.39, 0.29) is 5.56 Å². The number of pyridine rings is 2. The monoisotopic (exact) mass is 200 g/mol. The maximum Gasteiger partial charge on any atom is 0.248 e. The lowest BCUT2D eigenvalue weighted by molar-refractivity contribution is 0.112. The molecule has 74 valence electrons. The molecule has 0 unspecified atom stereocenters. The Morgan fingerprint density at radius 2 is 2.27 bits per heavy atom. The van der Waals surface area contributed by atoms with Crippen LogP contribution in [-0.4, -0.2) is 16.3 Å². The van der Waals surface area contributed by atoms with Crippen molar-refractivity contribution in [3.05, 3.63) is 52.7 Å². The average molecular weight is 200 g/mol. The number of aromatic amines is 1. The molecule has 0 spiro atoms. The molecule has 0 bridgehead atoms. The molecule has 0 aliphatic carbocycles. The molecule has 0 saturated heterocycles. The molecule has 2 aromatic rings. The minimum atomic E-state index is -0.287. The standard InChI is InChI=1S/C11H8N2O2/c14-7-9-4-11(15)13-6-10(9)8-2-1-3-12-5-8/h1-7H,(H,13,15). The summed E-state index contributed by atoms with van der Waals surface area (Å²) in [6.07, 6.45) is 5.47. The Balaban J connectivity index is 2.63. The van der Waals surface area contributed by atoms with Gasteiger partial charge in [-0.1, -0.05) is 6.07 Å². The van der Waals surface area contributed by atoms with Gasteiger partial charge in [-0.3, -0.25) is 14.6 Å². The second kappa shape index (κ2) is 3.88. The molecule has 0 radical (unpaired) electrons. The summed E-state index contributed by atoms with van der Waals surface area (Å²) in [4.78, 5) is 28.3. The van der Waals surface area contributed by atoms with Crippen molar-refractivity contribution in [2.45, 2.75) is 0 Å². The first-order valence-electron chi connectivity index (χ1n) is 4.39. The second-order valence-corrected chi connectivity index (χ2v) is 3.03. The van der Waals surface area contributed by atoms with Gasteiger partial charge in [0.2, 0.25) is 5.56 Å². The lowest BCUT2D eigenvalue weighted by atomic mass is 10.1. The molecule has 1 N–H and O–H groups in total. The Kier molecular flexibility index (Phi) is 2.41. The summed E-state index contributed by atoms with van der Waals surface area (Å²) in [5.41, 5.74) is 1.56. The minimum Gasteiger partial charge on any atom is -0.328 e. The van der Waals surface area contributed by atoms with E-state index in [4.69, 9.17) is 0 Å². The van der Waals surface area contributed by atoms with Crippen LogP contribution in [0.2, 0.25) is 0 Å². The Hall–Kier alpha value is -2.23. The molecular formula is C11H8N2O2. The maximum absolute atomic E-state index is 11.0. The Bertz CT molecular complexity index is 532. The van der Waals surface area contributed by atoms with Crippen molar-refractivity contribution >= 4 is 6.29 Å². The Morgan fingerprint density at radius 3 is 2.93 bits per heavy atom. The smallest absolute Gasteiger partial charge is 0.248 e. The zero-order valence-electron chi connectivity index (χ0n) is 7.81. The van der Waals surface area contributed by atoms with E-state index >= 15 is 0 Å². The van der Waals surface area contributed by atoms with Crippen molar-refractivity contribution in [2.24, 2.45) is 0 Å². The molecule has 0 aliphatic rings. The number of hydrogen-bond donors (Lipinski definition) is 1. The van der Waals surface area contributed by atoms with E-state index in [1.165, 1.54) is 12.3 Å². The largest absolute Gasteiger partial charge is 0.328 e. The van der Waals surface area contributed by atoms with Crippen LogP contribution in [0.4, 0.5) is 0 Å². The molecule has 2 heterocycles. The third kappa shape index (κ3) is 1.83. The lowest BCUT2D eigenvalue weighted by Gasteiger charge is -2.02. The van der Waals surface area contributed by atoms with Crippen molar-refractivity contribution in [3.63, 3.8) is 0 Å². The number of aromatic nitrogens is 2. The predicted molar refractivity (Wildman–Crippen MR) is 55.7 cm³/mol. The number of carbonyl (C=O) groups excluding carboxylic acids is 1. The highest BCUT2D eigenvalue weighted by molar-refractivity contribution is 5.86. The fourth-order valence-electron chi connectivity index (χ4n) is 1.36. The van der Waals surface area contributed by atoms with Gasteiger partial charge in [0.05, 0.1) is 0 Å². The average Bonchev–Trinajstić information content (AvgIpc) is 2.30. The van der Waals surface area contributed by atoms with Crippen LogP contribution in [0.15, 0.2) is 41.6 Å². The molecule has 0 fully saturated rings. The number of rotatable bonds is 2. The Labute approximate surface area is 85.6 Å². The molecule has 0 amide bonds. The highest BCUT2D eigenvalue weighted by Crippen LogP contribution is 2.18. The number of aldehydes is 1. The molecule has 4 heteroatoms. The first-order chi connectivity index (χ1) is 7.31. The lowest BCUT2D eigenvalue weighted by Crippen LogP contribution is -2.06. The fraction of sp³-hybridized carbons (Fsp3) is 0. The number of H-pyrrole nitrogens is 1.